The van der Waals surface area contributed by atoms with Crippen molar-refractivity contribution in [2.24, 2.45) is 0 Å². The predicted octanol–water partition coefficient (Wildman–Crippen LogP) is 1.78. The summed E-state index contributed by atoms with van der Waals surface area (Å²) in [5, 5.41) is -0.0581. The van der Waals surface area contributed by atoms with Crippen LogP contribution in [0.4, 0.5) is 5.82 Å². The highest BCUT2D eigenvalue weighted by molar-refractivity contribution is 7.90. The Bertz CT molecular complexity index is 486. The normalized spacial score (nSPS) is 12.2. The maximum Gasteiger partial charge on any atom is 0.302 e. The van der Waals surface area contributed by atoms with Gasteiger partial charge in [0.15, 0.2) is 0 Å². The molecule has 0 aliphatic carbocycles. The van der Waals surface area contributed by atoms with E-state index >= 15 is 0 Å². The highest BCUT2D eigenvalue weighted by Crippen LogP contribution is 2.16. The fourth-order valence-electron chi connectivity index (χ4n) is 0.924. The maximum absolute atomic E-state index is 11.8. The van der Waals surface area contributed by atoms with Crippen molar-refractivity contribution in [2.45, 2.75) is 19.9 Å². The largest absolute Gasteiger partial charge is 0.302 e. The average Bonchev–Trinajstić information content (AvgIpc) is 2.13. The molecule has 1 heterocycles. The van der Waals surface area contributed by atoms with E-state index in [1.807, 2.05) is 0 Å². The number of aromatic nitrogens is 2. The van der Waals surface area contributed by atoms with Crippen molar-refractivity contribution in [1.29, 1.82) is 0 Å². The van der Waals surface area contributed by atoms with Crippen LogP contribution in [0.3, 0.4) is 0 Å². The zero-order valence-corrected chi connectivity index (χ0v) is 11.8. The number of halogens is 2. The molecule has 1 N–H and O–H groups in total. The minimum Gasteiger partial charge on any atom is -0.254 e. The van der Waals surface area contributed by atoms with Gasteiger partial charge in [-0.25, -0.2) is 4.98 Å². The Kier molecular flexibility index (Phi) is 4.54. The van der Waals surface area contributed by atoms with E-state index in [0.29, 0.717) is 0 Å². The van der Waals surface area contributed by atoms with Crippen LogP contribution in [0.5, 0.6) is 0 Å². The molecule has 17 heavy (non-hydrogen) atoms. The summed E-state index contributed by atoms with van der Waals surface area (Å²) in [6.45, 7) is 3.50. The summed E-state index contributed by atoms with van der Waals surface area (Å²) in [4.78, 5) is 7.33. The van der Waals surface area contributed by atoms with Crippen molar-refractivity contribution in [3.63, 3.8) is 0 Å². The van der Waals surface area contributed by atoms with E-state index in [2.05, 4.69) is 14.7 Å². The van der Waals surface area contributed by atoms with Crippen LogP contribution in [-0.2, 0) is 10.2 Å². The van der Waals surface area contributed by atoms with Crippen molar-refractivity contribution in [2.75, 3.05) is 11.8 Å². The summed E-state index contributed by atoms with van der Waals surface area (Å²) in [6, 6.07) is 1.10. The number of nitrogens with one attached hydrogen (secondary N) is 1. The third-order valence-electron chi connectivity index (χ3n) is 2.01. The van der Waals surface area contributed by atoms with Gasteiger partial charge < -0.3 is 0 Å². The van der Waals surface area contributed by atoms with Gasteiger partial charge in [0.05, 0.1) is 0 Å². The molecule has 6 nitrogen and oxygen atoms in total. The first-order chi connectivity index (χ1) is 7.72. The van der Waals surface area contributed by atoms with E-state index in [4.69, 9.17) is 23.2 Å². The van der Waals surface area contributed by atoms with Crippen molar-refractivity contribution in [3.8, 4) is 0 Å². The Balaban J connectivity index is 2.98. The molecule has 0 fully saturated rings. The summed E-state index contributed by atoms with van der Waals surface area (Å²) < 4.78 is 27.1. The molecule has 0 saturated heterocycles. The molecule has 9 heteroatoms. The molecule has 0 aromatic carbocycles. The second-order valence-electron chi connectivity index (χ2n) is 3.56. The van der Waals surface area contributed by atoms with Crippen LogP contribution in [0.2, 0.25) is 10.4 Å². The molecular formula is C8H12Cl2N4O2S. The highest BCUT2D eigenvalue weighted by Gasteiger charge is 2.21. The lowest BCUT2D eigenvalue weighted by Crippen LogP contribution is -2.37. The van der Waals surface area contributed by atoms with Gasteiger partial charge in [-0.05, 0) is 25.4 Å². The van der Waals surface area contributed by atoms with Crippen molar-refractivity contribution in [3.05, 3.63) is 16.5 Å². The highest BCUT2D eigenvalue weighted by atomic mass is 35.5. The fraction of sp³-hybridized carbons (Fsp3) is 0.500. The average molecular weight is 299 g/mol. The monoisotopic (exact) mass is 298 g/mol. The third-order valence-corrected chi connectivity index (χ3v) is 4.02. The van der Waals surface area contributed by atoms with Gasteiger partial charge in [0.25, 0.3) is 0 Å². The summed E-state index contributed by atoms with van der Waals surface area (Å²) in [5.74, 6) is 0.0301. The second kappa shape index (κ2) is 5.34. The fourth-order valence-corrected chi connectivity index (χ4v) is 2.40. The molecule has 0 unspecified atom stereocenters. The van der Waals surface area contributed by atoms with Crippen molar-refractivity contribution < 1.29 is 8.42 Å². The van der Waals surface area contributed by atoms with Gasteiger partial charge >= 0.3 is 10.2 Å². The standard InChI is InChI=1S/C8H12Cl2N4O2S/c1-5(2)14(3)17(15,16)13-7-4-6(9)11-8(10)12-7/h4-5H,1-3H3,(H,11,12,13). The number of hydrogen-bond acceptors (Lipinski definition) is 4. The van der Waals surface area contributed by atoms with E-state index in [1.165, 1.54) is 13.1 Å². The Morgan fingerprint density at radius 2 is 1.94 bits per heavy atom. The molecule has 1 aromatic heterocycles. The lowest BCUT2D eigenvalue weighted by Gasteiger charge is -2.21. The van der Waals surface area contributed by atoms with E-state index in [1.54, 1.807) is 13.8 Å². The van der Waals surface area contributed by atoms with Gasteiger partial charge in [-0.3, -0.25) is 4.72 Å². The van der Waals surface area contributed by atoms with Crippen LogP contribution >= 0.6 is 23.2 Å². The van der Waals surface area contributed by atoms with E-state index in [9.17, 15) is 8.42 Å². The zero-order chi connectivity index (χ0) is 13.2. The molecule has 0 aliphatic rings. The van der Waals surface area contributed by atoms with Gasteiger partial charge in [-0.15, -0.1) is 0 Å². The Morgan fingerprint density at radius 1 is 1.35 bits per heavy atom. The van der Waals surface area contributed by atoms with Crippen LogP contribution in [0.25, 0.3) is 0 Å². The van der Waals surface area contributed by atoms with Gasteiger partial charge in [0.1, 0.15) is 11.0 Å². The van der Waals surface area contributed by atoms with Crippen LogP contribution in [-0.4, -0.2) is 35.8 Å². The summed E-state index contributed by atoms with van der Waals surface area (Å²) in [6.07, 6.45) is 0. The minimum absolute atomic E-state index is 0.0301. The van der Waals surface area contributed by atoms with Gasteiger partial charge in [-0.1, -0.05) is 11.6 Å². The lowest BCUT2D eigenvalue weighted by atomic mass is 10.4. The van der Waals surface area contributed by atoms with Crippen LogP contribution in [0.15, 0.2) is 6.07 Å². The van der Waals surface area contributed by atoms with Crippen molar-refractivity contribution >= 4 is 39.2 Å². The van der Waals surface area contributed by atoms with Crippen LogP contribution in [0, 0.1) is 0 Å². The Hall–Kier alpha value is -0.630. The molecule has 1 rings (SSSR count). The molecule has 0 aliphatic heterocycles. The van der Waals surface area contributed by atoms with E-state index in [0.717, 1.165) is 4.31 Å². The quantitative estimate of drug-likeness (QED) is 0.679. The molecule has 1 aromatic rings. The van der Waals surface area contributed by atoms with Crippen molar-refractivity contribution in [1.82, 2.24) is 14.3 Å². The molecule has 0 atom stereocenters. The number of nitrogens with zero attached hydrogens (tertiary/aromatic N) is 3. The second-order valence-corrected chi connectivity index (χ2v) is 6.02. The molecule has 96 valence electrons. The number of hydrogen-bond donors (Lipinski definition) is 1. The molecule has 0 radical (unpaired) electrons. The topological polar surface area (TPSA) is 75.2 Å². The molecule has 0 bridgehead atoms. The Morgan fingerprint density at radius 3 is 2.41 bits per heavy atom. The molecular weight excluding hydrogens is 287 g/mol. The van der Waals surface area contributed by atoms with E-state index < -0.39 is 10.2 Å². The summed E-state index contributed by atoms with van der Waals surface area (Å²) in [7, 11) is -2.21. The predicted molar refractivity (Wildman–Crippen MR) is 67.5 cm³/mol. The van der Waals surface area contributed by atoms with E-state index in [-0.39, 0.29) is 22.3 Å². The SMILES string of the molecule is CC(C)N(C)S(=O)(=O)Nc1cc(Cl)nc(Cl)n1. The first kappa shape index (κ1) is 14.4. The first-order valence-corrected chi connectivity index (χ1v) is 6.88. The van der Waals surface area contributed by atoms with Crippen LogP contribution in [0.1, 0.15) is 13.8 Å². The van der Waals surface area contributed by atoms with Crippen LogP contribution < -0.4 is 4.72 Å². The zero-order valence-electron chi connectivity index (χ0n) is 9.48. The maximum atomic E-state index is 11.8. The molecule has 0 saturated carbocycles. The first-order valence-electron chi connectivity index (χ1n) is 4.68. The van der Waals surface area contributed by atoms with Gasteiger partial charge in [-0.2, -0.15) is 17.7 Å². The molecule has 0 amide bonds. The summed E-state index contributed by atoms with van der Waals surface area (Å²) in [5.41, 5.74) is 0. The van der Waals surface area contributed by atoms with Gasteiger partial charge in [0.2, 0.25) is 5.28 Å². The number of anilines is 1. The third kappa shape index (κ3) is 3.95. The smallest absolute Gasteiger partial charge is 0.254 e. The summed E-state index contributed by atoms with van der Waals surface area (Å²) >= 11 is 11.2. The van der Waals surface area contributed by atoms with Gasteiger partial charge in [0, 0.05) is 19.2 Å². The molecule has 0 spiro atoms. The Labute approximate surface area is 110 Å². The minimum atomic E-state index is -3.67. The number of rotatable bonds is 4. The lowest BCUT2D eigenvalue weighted by molar-refractivity contribution is 0.414.